The lowest BCUT2D eigenvalue weighted by molar-refractivity contribution is 0.302. The highest BCUT2D eigenvalue weighted by atomic mass is 79.9. The van der Waals surface area contributed by atoms with E-state index >= 15 is 0 Å². The van der Waals surface area contributed by atoms with Crippen molar-refractivity contribution in [3.63, 3.8) is 0 Å². The van der Waals surface area contributed by atoms with Gasteiger partial charge in [-0.2, -0.15) is 0 Å². The van der Waals surface area contributed by atoms with Gasteiger partial charge in [0.05, 0.1) is 0 Å². The van der Waals surface area contributed by atoms with Crippen LogP contribution in [-0.2, 0) is 0 Å². The second-order valence-corrected chi connectivity index (χ2v) is 4.02. The number of aliphatic hydroxyl groups excluding tert-OH is 1. The fourth-order valence-corrected chi connectivity index (χ4v) is 1.59. The van der Waals surface area contributed by atoms with Crippen molar-refractivity contribution >= 4 is 15.9 Å². The third-order valence-electron chi connectivity index (χ3n) is 1.97. The quantitative estimate of drug-likeness (QED) is 0.375. The van der Waals surface area contributed by atoms with Gasteiger partial charge in [0, 0.05) is 11.9 Å². The van der Waals surface area contributed by atoms with Crippen molar-refractivity contribution in [3.05, 3.63) is 12.2 Å². The van der Waals surface area contributed by atoms with Crippen LogP contribution in [0.1, 0.15) is 44.9 Å². The largest absolute Gasteiger partial charge is 0.396 e. The monoisotopic (exact) mass is 248 g/mol. The zero-order chi connectivity index (χ0) is 9.78. The van der Waals surface area contributed by atoms with Crippen molar-refractivity contribution < 1.29 is 5.11 Å². The van der Waals surface area contributed by atoms with Crippen LogP contribution < -0.4 is 0 Å². The van der Waals surface area contributed by atoms with Gasteiger partial charge >= 0.3 is 0 Å². The van der Waals surface area contributed by atoms with E-state index in [-0.39, 0.29) is 6.61 Å². The summed E-state index contributed by atoms with van der Waals surface area (Å²) in [6, 6.07) is 0. The Labute approximate surface area is 90.4 Å². The summed E-state index contributed by atoms with van der Waals surface area (Å²) in [6.07, 6.45) is 12.9. The molecule has 0 saturated heterocycles. The molecule has 13 heavy (non-hydrogen) atoms. The predicted molar refractivity (Wildman–Crippen MR) is 62.3 cm³/mol. The summed E-state index contributed by atoms with van der Waals surface area (Å²) >= 11 is 3.43. The van der Waals surface area contributed by atoms with Crippen LogP contribution in [0, 0.1) is 0 Å². The molecule has 0 bridgehead atoms. The summed E-state index contributed by atoms with van der Waals surface area (Å²) in [5, 5.41) is 9.65. The summed E-state index contributed by atoms with van der Waals surface area (Å²) in [5.74, 6) is 0. The van der Waals surface area contributed by atoms with Gasteiger partial charge in [-0.3, -0.25) is 0 Å². The van der Waals surface area contributed by atoms with Crippen LogP contribution in [0.15, 0.2) is 12.2 Å². The lowest BCUT2D eigenvalue weighted by Crippen LogP contribution is -1.79. The molecule has 0 saturated carbocycles. The number of hydrogen-bond acceptors (Lipinski definition) is 1. The molecule has 0 aliphatic heterocycles. The van der Waals surface area contributed by atoms with Crippen molar-refractivity contribution in [3.8, 4) is 0 Å². The van der Waals surface area contributed by atoms with E-state index in [1.807, 2.05) is 0 Å². The zero-order valence-corrected chi connectivity index (χ0v) is 9.93. The first kappa shape index (κ1) is 13.2. The molecule has 0 aromatic carbocycles. The minimum atomic E-state index is 0.280. The lowest BCUT2D eigenvalue weighted by atomic mass is 10.1. The first-order chi connectivity index (χ1) is 6.41. The number of allylic oxidation sites excluding steroid dienone is 1. The SMILES string of the molecule is OCC/C=C/CCCCCCCBr. The van der Waals surface area contributed by atoms with Gasteiger partial charge in [0.2, 0.25) is 0 Å². The summed E-state index contributed by atoms with van der Waals surface area (Å²) in [7, 11) is 0. The molecule has 2 heteroatoms. The van der Waals surface area contributed by atoms with Crippen LogP contribution >= 0.6 is 15.9 Å². The Bertz CT molecular complexity index is 113. The highest BCUT2D eigenvalue weighted by Gasteiger charge is 1.87. The Kier molecular flexibility index (Phi) is 12.3. The van der Waals surface area contributed by atoms with E-state index in [4.69, 9.17) is 5.11 Å². The number of hydrogen-bond donors (Lipinski definition) is 1. The fourth-order valence-electron chi connectivity index (χ4n) is 1.20. The molecule has 1 N–H and O–H groups in total. The van der Waals surface area contributed by atoms with Gasteiger partial charge in [0.25, 0.3) is 0 Å². The molecule has 0 rings (SSSR count). The molecule has 0 spiro atoms. The maximum Gasteiger partial charge on any atom is 0.0465 e. The van der Waals surface area contributed by atoms with E-state index < -0.39 is 0 Å². The van der Waals surface area contributed by atoms with Gasteiger partial charge < -0.3 is 5.11 Å². The van der Waals surface area contributed by atoms with Crippen LogP contribution in [0.25, 0.3) is 0 Å². The molecule has 0 aromatic heterocycles. The van der Waals surface area contributed by atoms with Gasteiger partial charge in [-0.1, -0.05) is 47.3 Å². The van der Waals surface area contributed by atoms with Crippen LogP contribution in [0.5, 0.6) is 0 Å². The highest BCUT2D eigenvalue weighted by molar-refractivity contribution is 9.09. The van der Waals surface area contributed by atoms with E-state index in [2.05, 4.69) is 28.1 Å². The molecule has 0 aromatic rings. The van der Waals surface area contributed by atoms with E-state index in [9.17, 15) is 0 Å². The second-order valence-electron chi connectivity index (χ2n) is 3.23. The van der Waals surface area contributed by atoms with Gasteiger partial charge in [0.15, 0.2) is 0 Å². The Morgan fingerprint density at radius 1 is 0.846 bits per heavy atom. The molecule has 0 heterocycles. The van der Waals surface area contributed by atoms with Crippen molar-refractivity contribution in [2.75, 3.05) is 11.9 Å². The zero-order valence-electron chi connectivity index (χ0n) is 8.34. The molecule has 0 atom stereocenters. The third-order valence-corrected chi connectivity index (χ3v) is 2.53. The van der Waals surface area contributed by atoms with Crippen molar-refractivity contribution in [2.24, 2.45) is 0 Å². The predicted octanol–water partition coefficient (Wildman–Crippen LogP) is 3.66. The van der Waals surface area contributed by atoms with E-state index in [1.54, 1.807) is 0 Å². The summed E-state index contributed by atoms with van der Waals surface area (Å²) < 4.78 is 0. The first-order valence-corrected chi connectivity index (χ1v) is 6.35. The van der Waals surface area contributed by atoms with Crippen LogP contribution in [-0.4, -0.2) is 17.0 Å². The van der Waals surface area contributed by atoms with Gasteiger partial charge in [-0.25, -0.2) is 0 Å². The Morgan fingerprint density at radius 2 is 1.46 bits per heavy atom. The van der Waals surface area contributed by atoms with Crippen LogP contribution in [0.4, 0.5) is 0 Å². The molecule has 0 amide bonds. The number of aliphatic hydroxyl groups is 1. The average molecular weight is 249 g/mol. The lowest BCUT2D eigenvalue weighted by Gasteiger charge is -1.96. The van der Waals surface area contributed by atoms with E-state index in [0.29, 0.717) is 0 Å². The van der Waals surface area contributed by atoms with Crippen molar-refractivity contribution in [1.29, 1.82) is 0 Å². The highest BCUT2D eigenvalue weighted by Crippen LogP contribution is 2.06. The third kappa shape index (κ3) is 12.2. The molecule has 0 radical (unpaired) electrons. The minimum Gasteiger partial charge on any atom is -0.396 e. The Morgan fingerprint density at radius 3 is 2.15 bits per heavy atom. The molecule has 0 unspecified atom stereocenters. The molecule has 78 valence electrons. The number of unbranched alkanes of at least 4 members (excludes halogenated alkanes) is 5. The maximum absolute atomic E-state index is 8.51. The average Bonchev–Trinajstić information content (AvgIpc) is 2.16. The van der Waals surface area contributed by atoms with Gasteiger partial charge in [-0.05, 0) is 25.7 Å². The van der Waals surface area contributed by atoms with Crippen molar-refractivity contribution in [1.82, 2.24) is 0 Å². The summed E-state index contributed by atoms with van der Waals surface area (Å²) in [6.45, 7) is 0.280. The van der Waals surface area contributed by atoms with Crippen LogP contribution in [0.2, 0.25) is 0 Å². The number of rotatable bonds is 9. The molecule has 0 aliphatic carbocycles. The normalized spacial score (nSPS) is 11.2. The minimum absolute atomic E-state index is 0.280. The standard InChI is InChI=1S/C11H21BrO/c12-10-8-6-4-2-1-3-5-7-9-11-13/h5,7,13H,1-4,6,8-11H2/b7-5+. The van der Waals surface area contributed by atoms with Crippen molar-refractivity contribution in [2.45, 2.75) is 44.9 Å². The summed E-state index contributed by atoms with van der Waals surface area (Å²) in [5.41, 5.74) is 0. The van der Waals surface area contributed by atoms with E-state index in [0.717, 1.165) is 11.8 Å². The Hall–Kier alpha value is 0.180. The number of halogens is 1. The Balaban J connectivity index is 2.91. The van der Waals surface area contributed by atoms with Gasteiger partial charge in [0.1, 0.15) is 0 Å². The second kappa shape index (κ2) is 12.2. The van der Waals surface area contributed by atoms with Crippen LogP contribution in [0.3, 0.4) is 0 Å². The fraction of sp³-hybridized carbons (Fsp3) is 0.818. The van der Waals surface area contributed by atoms with Gasteiger partial charge in [-0.15, -0.1) is 0 Å². The summed E-state index contributed by atoms with van der Waals surface area (Å²) in [4.78, 5) is 0. The topological polar surface area (TPSA) is 20.2 Å². The first-order valence-electron chi connectivity index (χ1n) is 5.23. The maximum atomic E-state index is 8.51. The molecule has 1 nitrogen and oxygen atoms in total. The van der Waals surface area contributed by atoms with E-state index in [1.165, 1.54) is 38.5 Å². The molecular formula is C11H21BrO. The molecular weight excluding hydrogens is 228 g/mol. The molecule has 0 fully saturated rings. The smallest absolute Gasteiger partial charge is 0.0465 e. The molecule has 0 aliphatic rings. The number of alkyl halides is 1.